The van der Waals surface area contributed by atoms with Gasteiger partial charge in [-0.25, -0.2) is 9.00 Å². The summed E-state index contributed by atoms with van der Waals surface area (Å²) in [7, 11) is -1.87. The van der Waals surface area contributed by atoms with Gasteiger partial charge in [-0.15, -0.1) is 11.3 Å². The van der Waals surface area contributed by atoms with E-state index in [9.17, 15) is 33.3 Å². The lowest BCUT2D eigenvalue weighted by atomic mass is 10.0. The van der Waals surface area contributed by atoms with Crippen molar-refractivity contribution in [1.82, 2.24) is 25.2 Å². The number of carbonyl (C=O) groups is 5. The number of halogens is 2. The lowest BCUT2D eigenvalue weighted by Crippen LogP contribution is -2.58. The van der Waals surface area contributed by atoms with Crippen LogP contribution in [0.3, 0.4) is 0 Å². The van der Waals surface area contributed by atoms with Gasteiger partial charge < -0.3 is 30.3 Å². The summed E-state index contributed by atoms with van der Waals surface area (Å²) >= 11 is 13.0. The summed E-state index contributed by atoms with van der Waals surface area (Å²) in [5, 5.41) is 16.7. The number of hydrogen-bond donors (Lipinski definition) is 4. The minimum absolute atomic E-state index is 0.0193. The Morgan fingerprint density at radius 1 is 1.13 bits per heavy atom. The summed E-state index contributed by atoms with van der Waals surface area (Å²) in [5.74, 6) is -2.02. The number of nitrogens with one attached hydrogen (secondary N) is 3. The van der Waals surface area contributed by atoms with E-state index in [0.29, 0.717) is 40.9 Å². The molecule has 0 spiro atoms. The maximum atomic E-state index is 13.7. The molecule has 3 aliphatic heterocycles. The van der Waals surface area contributed by atoms with E-state index in [1.54, 1.807) is 37.8 Å². The molecule has 6 rings (SSSR count). The van der Waals surface area contributed by atoms with Crippen LogP contribution in [0.2, 0.25) is 9.36 Å². The second-order valence-corrected chi connectivity index (χ2v) is 18.1. The first-order valence-electron chi connectivity index (χ1n) is 17.5. The molecular formula is C36H45Cl2N5O8S2. The molecule has 1 aromatic heterocycles. The average molecular weight is 811 g/mol. The van der Waals surface area contributed by atoms with E-state index in [0.717, 1.165) is 53.2 Å². The van der Waals surface area contributed by atoms with Crippen LogP contribution in [-0.4, -0.2) is 85.2 Å². The molecule has 6 unspecified atom stereocenters. The second-order valence-electron chi connectivity index (χ2n) is 14.6. The van der Waals surface area contributed by atoms with E-state index in [2.05, 4.69) is 15.4 Å². The molecule has 53 heavy (non-hydrogen) atoms. The average Bonchev–Trinajstić information content (AvgIpc) is 3.43. The zero-order valence-corrected chi connectivity index (χ0v) is 32.9. The maximum absolute atomic E-state index is 13.7. The van der Waals surface area contributed by atoms with Crippen LogP contribution >= 0.6 is 34.5 Å². The zero-order chi connectivity index (χ0) is 38.5. The molecule has 4 aliphatic rings. The third-order valence-electron chi connectivity index (χ3n) is 9.37. The topological polar surface area (TPSA) is 174 Å². The van der Waals surface area contributed by atoms with Gasteiger partial charge >= 0.3 is 6.09 Å². The normalized spacial score (nSPS) is 26.9. The summed E-state index contributed by atoms with van der Waals surface area (Å²) in [6.07, 6.45) is 6.67. The SMILES string of the molecule is CC(C)(C)OC(=O)NC1CCCCC/C=C\C2CC2(C(=O)NS(=O)c2ccc(Cl)s2)NC(=O)C2CC(O)CN2C1=O.O=CN1Cc2cccc(Cl)c2C1. The van der Waals surface area contributed by atoms with E-state index in [1.165, 1.54) is 4.90 Å². The number of rotatable bonds is 5. The molecule has 17 heteroatoms. The Balaban J connectivity index is 0.000000378. The van der Waals surface area contributed by atoms with Gasteiger partial charge in [-0.2, -0.15) is 0 Å². The van der Waals surface area contributed by atoms with Crippen molar-refractivity contribution >= 4 is 75.7 Å². The summed E-state index contributed by atoms with van der Waals surface area (Å²) in [4.78, 5) is 66.7. The van der Waals surface area contributed by atoms with Gasteiger partial charge in [0.25, 0.3) is 5.91 Å². The fourth-order valence-corrected chi connectivity index (χ4v) is 9.16. The van der Waals surface area contributed by atoms with Gasteiger partial charge in [-0.05, 0) is 75.8 Å². The van der Waals surface area contributed by atoms with Crippen LogP contribution in [0, 0.1) is 5.92 Å². The van der Waals surface area contributed by atoms with Crippen LogP contribution in [0.5, 0.6) is 0 Å². The van der Waals surface area contributed by atoms with Crippen molar-refractivity contribution in [2.75, 3.05) is 6.54 Å². The predicted octanol–water partition coefficient (Wildman–Crippen LogP) is 4.60. The van der Waals surface area contributed by atoms with Crippen LogP contribution in [0.4, 0.5) is 4.79 Å². The zero-order valence-electron chi connectivity index (χ0n) is 29.8. The Bertz CT molecular complexity index is 1770. The number of thiophene rings is 1. The molecule has 0 bridgehead atoms. The van der Waals surface area contributed by atoms with Crippen LogP contribution in [0.15, 0.2) is 46.7 Å². The smallest absolute Gasteiger partial charge is 0.408 e. The number of aliphatic hydroxyl groups excluding tert-OH is 1. The van der Waals surface area contributed by atoms with Gasteiger partial charge in [-0.1, -0.05) is 60.3 Å². The van der Waals surface area contributed by atoms with Gasteiger partial charge in [0.1, 0.15) is 27.4 Å². The highest BCUT2D eigenvalue weighted by Crippen LogP contribution is 2.46. The van der Waals surface area contributed by atoms with Crippen LogP contribution in [0.1, 0.15) is 76.8 Å². The number of allylic oxidation sites excluding steroid dienone is 1. The number of benzene rings is 1. The molecule has 4 heterocycles. The predicted molar refractivity (Wildman–Crippen MR) is 201 cm³/mol. The Morgan fingerprint density at radius 2 is 1.91 bits per heavy atom. The van der Waals surface area contributed by atoms with Crippen molar-refractivity contribution < 1.29 is 38.0 Å². The first-order valence-corrected chi connectivity index (χ1v) is 20.2. The van der Waals surface area contributed by atoms with E-state index >= 15 is 0 Å². The molecule has 2 fully saturated rings. The maximum Gasteiger partial charge on any atom is 0.408 e. The first kappa shape index (κ1) is 40.7. The van der Waals surface area contributed by atoms with Crippen molar-refractivity contribution in [2.45, 2.75) is 112 Å². The fourth-order valence-electron chi connectivity index (χ4n) is 6.65. The van der Waals surface area contributed by atoms with Crippen molar-refractivity contribution in [3.05, 3.63) is 63.0 Å². The van der Waals surface area contributed by atoms with Crippen molar-refractivity contribution in [3.63, 3.8) is 0 Å². The third kappa shape index (κ3) is 10.4. The monoisotopic (exact) mass is 809 g/mol. The highest BCUT2D eigenvalue weighted by Gasteiger charge is 2.61. The van der Waals surface area contributed by atoms with E-state index in [-0.39, 0.29) is 18.9 Å². The van der Waals surface area contributed by atoms with Gasteiger partial charge in [0.15, 0.2) is 11.0 Å². The standard InChI is InChI=1S/C27H37ClN4O7S2.C9H8ClNO/c1-26(2,3)39-25(37)29-18-10-8-6-4-5-7-9-16-14-27(16,24(36)31-41(38)21-12-11-20(28)40-21)30-22(34)19-13-17(33)15-32(19)23(18)35;10-9-3-1-2-7-4-11(6-12)5-8(7)9/h7,9,11-12,16-19,33H,4-6,8,10,13-15H2,1-3H3,(H,29,37)(H,30,34)(H,31,36);1-3,6H,4-5H2/b9-7-;. The number of carbonyl (C=O) groups excluding carboxylic acids is 5. The molecule has 288 valence electrons. The van der Waals surface area contributed by atoms with Gasteiger partial charge in [0.05, 0.1) is 10.4 Å². The summed E-state index contributed by atoms with van der Waals surface area (Å²) in [5.41, 5.74) is 0.141. The quantitative estimate of drug-likeness (QED) is 0.251. The Labute approximate surface area is 325 Å². The molecule has 4 N–H and O–H groups in total. The number of ether oxygens (including phenoxy) is 1. The minimum atomic E-state index is -1.87. The fraction of sp³-hybridized carbons (Fsp3) is 0.528. The number of nitrogens with zero attached hydrogens (tertiary/aromatic N) is 2. The van der Waals surface area contributed by atoms with Crippen LogP contribution in [-0.2, 0) is 48.0 Å². The second kappa shape index (κ2) is 17.3. The molecule has 1 aliphatic carbocycles. The lowest BCUT2D eigenvalue weighted by Gasteiger charge is -2.30. The van der Waals surface area contributed by atoms with Crippen molar-refractivity contribution in [1.29, 1.82) is 0 Å². The Morgan fingerprint density at radius 3 is 2.58 bits per heavy atom. The lowest BCUT2D eigenvalue weighted by molar-refractivity contribution is -0.141. The molecular weight excluding hydrogens is 765 g/mol. The summed E-state index contributed by atoms with van der Waals surface area (Å²) in [6, 6.07) is 6.92. The van der Waals surface area contributed by atoms with E-state index < -0.39 is 64.1 Å². The van der Waals surface area contributed by atoms with Crippen molar-refractivity contribution in [3.8, 4) is 0 Å². The van der Waals surface area contributed by atoms with E-state index in [4.69, 9.17) is 27.9 Å². The number of fused-ring (bicyclic) bond motifs is 3. The molecule has 5 amide bonds. The van der Waals surface area contributed by atoms with Crippen LogP contribution < -0.4 is 15.4 Å². The van der Waals surface area contributed by atoms with E-state index in [1.807, 2.05) is 30.4 Å². The van der Waals surface area contributed by atoms with Gasteiger partial charge in [0, 0.05) is 37.0 Å². The number of aliphatic hydroxyl groups is 1. The number of alkyl carbamates (subject to hydrolysis) is 1. The molecule has 0 radical (unpaired) electrons. The number of amides is 5. The Kier molecular flexibility index (Phi) is 13.3. The highest BCUT2D eigenvalue weighted by molar-refractivity contribution is 7.86. The van der Waals surface area contributed by atoms with Crippen molar-refractivity contribution in [2.24, 2.45) is 5.92 Å². The number of hydrogen-bond acceptors (Lipinski definition) is 9. The third-order valence-corrected chi connectivity index (χ3v) is 12.3. The summed E-state index contributed by atoms with van der Waals surface area (Å²) in [6.45, 7) is 6.42. The first-order chi connectivity index (χ1) is 25.1. The molecule has 13 nitrogen and oxygen atoms in total. The molecule has 2 aromatic rings. The molecule has 1 saturated heterocycles. The van der Waals surface area contributed by atoms with Gasteiger partial charge in [-0.3, -0.25) is 23.9 Å². The molecule has 6 atom stereocenters. The highest BCUT2D eigenvalue weighted by atomic mass is 35.5. The van der Waals surface area contributed by atoms with Crippen LogP contribution in [0.25, 0.3) is 0 Å². The molecule has 1 aromatic carbocycles. The molecule has 1 saturated carbocycles. The summed E-state index contributed by atoms with van der Waals surface area (Å²) < 4.78 is 21.5. The largest absolute Gasteiger partial charge is 0.444 e. The van der Waals surface area contributed by atoms with Gasteiger partial charge in [0.2, 0.25) is 18.2 Å². The minimum Gasteiger partial charge on any atom is -0.444 e. The Hall–Kier alpha value is -3.50.